The van der Waals surface area contributed by atoms with E-state index in [0.717, 1.165) is 12.8 Å². The summed E-state index contributed by atoms with van der Waals surface area (Å²) in [5.41, 5.74) is -0.425. The van der Waals surface area contributed by atoms with Crippen LogP contribution in [0.4, 0.5) is 4.79 Å². The number of ether oxygens (including phenoxy) is 2. The first kappa shape index (κ1) is 18.9. The molecule has 5 heteroatoms. The van der Waals surface area contributed by atoms with Crippen LogP contribution >= 0.6 is 0 Å². The Balaban J connectivity index is 2.78. The first-order valence-corrected chi connectivity index (χ1v) is 8.05. The van der Waals surface area contributed by atoms with E-state index < -0.39 is 11.7 Å². The maximum absolute atomic E-state index is 12.3. The second-order valence-electron chi connectivity index (χ2n) is 7.98. The predicted octanol–water partition coefficient (Wildman–Crippen LogP) is 3.31. The van der Waals surface area contributed by atoms with Crippen molar-refractivity contribution in [3.8, 4) is 0 Å². The van der Waals surface area contributed by atoms with Gasteiger partial charge in [-0.15, -0.1) is 0 Å². The Morgan fingerprint density at radius 2 is 2.05 bits per heavy atom. The van der Waals surface area contributed by atoms with Gasteiger partial charge < -0.3 is 14.8 Å². The van der Waals surface area contributed by atoms with Crippen molar-refractivity contribution in [1.29, 1.82) is 0 Å². The molecule has 0 saturated heterocycles. The third-order valence-electron chi connectivity index (χ3n) is 4.06. The smallest absolute Gasteiger partial charge is 0.407 e. The number of methoxy groups -OCH3 is 1. The molecule has 2 atom stereocenters. The van der Waals surface area contributed by atoms with Gasteiger partial charge in [-0.05, 0) is 45.4 Å². The number of nitrogens with one attached hydrogen (secondary N) is 1. The third-order valence-corrected chi connectivity index (χ3v) is 4.06. The van der Waals surface area contributed by atoms with Crippen molar-refractivity contribution in [3.63, 3.8) is 0 Å². The highest BCUT2D eigenvalue weighted by Gasteiger charge is 2.39. The molecule has 0 aromatic carbocycles. The van der Waals surface area contributed by atoms with E-state index in [1.807, 2.05) is 20.8 Å². The van der Waals surface area contributed by atoms with E-state index in [4.69, 9.17) is 9.47 Å². The molecule has 1 aliphatic rings. The molecule has 128 valence electrons. The molecule has 0 aromatic heterocycles. The molecule has 1 rings (SSSR count). The molecule has 22 heavy (non-hydrogen) atoms. The zero-order valence-electron chi connectivity index (χ0n) is 14.8. The molecule has 0 bridgehead atoms. The third kappa shape index (κ3) is 6.34. The van der Waals surface area contributed by atoms with Gasteiger partial charge >= 0.3 is 6.09 Å². The molecule has 0 aromatic rings. The fourth-order valence-electron chi connectivity index (χ4n) is 2.90. The summed E-state index contributed by atoms with van der Waals surface area (Å²) < 4.78 is 10.5. The standard InChI is InChI=1S/C17H31NO4/c1-16(2,3)22-15(20)18-13(8-10-21-6)12-11-17(4,5)9-7-14(12)19/h12-13H,7-11H2,1-6H3,(H,18,20). The van der Waals surface area contributed by atoms with Crippen molar-refractivity contribution in [2.24, 2.45) is 11.3 Å². The monoisotopic (exact) mass is 313 g/mol. The van der Waals surface area contributed by atoms with E-state index in [0.29, 0.717) is 19.4 Å². The van der Waals surface area contributed by atoms with Gasteiger partial charge in [-0.2, -0.15) is 0 Å². The molecule has 1 aliphatic carbocycles. The number of Topliss-reactive ketones (excluding diaryl/α,β-unsaturated/α-hetero) is 1. The van der Waals surface area contributed by atoms with Crippen LogP contribution in [-0.4, -0.2) is 37.2 Å². The highest BCUT2D eigenvalue weighted by Crippen LogP contribution is 2.38. The van der Waals surface area contributed by atoms with Gasteiger partial charge in [0.15, 0.2) is 0 Å². The summed E-state index contributed by atoms with van der Waals surface area (Å²) in [5.74, 6) is 0.0721. The van der Waals surface area contributed by atoms with Crippen LogP contribution in [0.25, 0.3) is 0 Å². The minimum atomic E-state index is -0.550. The number of hydrogen-bond acceptors (Lipinski definition) is 4. The molecule has 1 saturated carbocycles. The van der Waals surface area contributed by atoms with Crippen LogP contribution in [0.1, 0.15) is 60.3 Å². The predicted molar refractivity (Wildman–Crippen MR) is 85.8 cm³/mol. The molecular formula is C17H31NO4. The summed E-state index contributed by atoms with van der Waals surface area (Å²) in [7, 11) is 1.62. The summed E-state index contributed by atoms with van der Waals surface area (Å²) in [5, 5.41) is 2.88. The van der Waals surface area contributed by atoms with E-state index >= 15 is 0 Å². The molecule has 0 heterocycles. The fraction of sp³-hybridized carbons (Fsp3) is 0.882. The van der Waals surface area contributed by atoms with E-state index in [-0.39, 0.29) is 23.2 Å². The van der Waals surface area contributed by atoms with Gasteiger partial charge in [-0.1, -0.05) is 13.8 Å². The van der Waals surface area contributed by atoms with Crippen LogP contribution in [0, 0.1) is 11.3 Å². The molecule has 0 radical (unpaired) electrons. The summed E-state index contributed by atoms with van der Waals surface area (Å²) in [6.45, 7) is 10.3. The zero-order valence-corrected chi connectivity index (χ0v) is 14.8. The summed E-state index contributed by atoms with van der Waals surface area (Å²) >= 11 is 0. The SMILES string of the molecule is COCCC(NC(=O)OC(C)(C)C)C1CC(C)(C)CCC1=O. The van der Waals surface area contributed by atoms with E-state index in [1.54, 1.807) is 7.11 Å². The van der Waals surface area contributed by atoms with Crippen molar-refractivity contribution in [2.45, 2.75) is 71.9 Å². The maximum atomic E-state index is 12.3. The van der Waals surface area contributed by atoms with Crippen LogP contribution in [0.3, 0.4) is 0 Å². The molecule has 1 amide bonds. The topological polar surface area (TPSA) is 64.6 Å². The van der Waals surface area contributed by atoms with Crippen molar-refractivity contribution < 1.29 is 19.1 Å². The summed E-state index contributed by atoms with van der Waals surface area (Å²) in [6.07, 6.45) is 2.42. The van der Waals surface area contributed by atoms with Gasteiger partial charge in [0.25, 0.3) is 0 Å². The highest BCUT2D eigenvalue weighted by atomic mass is 16.6. The quantitative estimate of drug-likeness (QED) is 0.845. The maximum Gasteiger partial charge on any atom is 0.407 e. The average molecular weight is 313 g/mol. The lowest BCUT2D eigenvalue weighted by molar-refractivity contribution is -0.128. The van der Waals surface area contributed by atoms with Crippen molar-refractivity contribution in [2.75, 3.05) is 13.7 Å². The lowest BCUT2D eigenvalue weighted by atomic mass is 9.69. The van der Waals surface area contributed by atoms with Gasteiger partial charge in [0, 0.05) is 32.1 Å². The molecule has 1 fully saturated rings. The number of alkyl carbamates (subject to hydrolysis) is 1. The van der Waals surface area contributed by atoms with E-state index in [9.17, 15) is 9.59 Å². The van der Waals surface area contributed by atoms with Gasteiger partial charge in [0.2, 0.25) is 0 Å². The van der Waals surface area contributed by atoms with Crippen molar-refractivity contribution in [1.82, 2.24) is 5.32 Å². The van der Waals surface area contributed by atoms with E-state index in [1.165, 1.54) is 0 Å². The lowest BCUT2D eigenvalue weighted by Crippen LogP contribution is -2.48. The van der Waals surface area contributed by atoms with Crippen LogP contribution < -0.4 is 5.32 Å². The highest BCUT2D eigenvalue weighted by molar-refractivity contribution is 5.83. The number of carbonyl (C=O) groups excluding carboxylic acids is 2. The van der Waals surface area contributed by atoms with Gasteiger partial charge in [0.05, 0.1) is 0 Å². The second-order valence-corrected chi connectivity index (χ2v) is 7.98. The van der Waals surface area contributed by atoms with Crippen LogP contribution in [0.2, 0.25) is 0 Å². The molecule has 2 unspecified atom stereocenters. The Morgan fingerprint density at radius 1 is 1.41 bits per heavy atom. The fourth-order valence-corrected chi connectivity index (χ4v) is 2.90. The Kier molecular flexibility index (Phi) is 6.41. The van der Waals surface area contributed by atoms with Crippen molar-refractivity contribution >= 4 is 11.9 Å². The minimum Gasteiger partial charge on any atom is -0.444 e. The Morgan fingerprint density at radius 3 is 2.59 bits per heavy atom. The first-order valence-electron chi connectivity index (χ1n) is 8.05. The molecular weight excluding hydrogens is 282 g/mol. The lowest BCUT2D eigenvalue weighted by Gasteiger charge is -2.38. The van der Waals surface area contributed by atoms with Crippen LogP contribution in [0.5, 0.6) is 0 Å². The number of hydrogen-bond donors (Lipinski definition) is 1. The largest absolute Gasteiger partial charge is 0.444 e. The zero-order chi connectivity index (χ0) is 17.0. The van der Waals surface area contributed by atoms with Crippen LogP contribution in [-0.2, 0) is 14.3 Å². The number of carbonyl (C=O) groups is 2. The Bertz CT molecular complexity index is 398. The van der Waals surface area contributed by atoms with Gasteiger partial charge in [-0.3, -0.25) is 4.79 Å². The number of amides is 1. The molecule has 1 N–H and O–H groups in total. The number of ketones is 1. The Labute approximate surface area is 134 Å². The molecule has 5 nitrogen and oxygen atoms in total. The van der Waals surface area contributed by atoms with Gasteiger partial charge in [0.1, 0.15) is 11.4 Å². The summed E-state index contributed by atoms with van der Waals surface area (Å²) in [6, 6.07) is -0.234. The molecule has 0 aliphatic heterocycles. The number of rotatable bonds is 5. The van der Waals surface area contributed by atoms with Gasteiger partial charge in [-0.25, -0.2) is 4.79 Å². The average Bonchev–Trinajstić information content (AvgIpc) is 2.35. The second kappa shape index (κ2) is 7.44. The summed E-state index contributed by atoms with van der Waals surface area (Å²) in [4.78, 5) is 24.4. The minimum absolute atomic E-state index is 0.125. The normalized spacial score (nSPS) is 23.0. The first-order chi connectivity index (χ1) is 10.0. The molecule has 0 spiro atoms. The Hall–Kier alpha value is -1.10. The van der Waals surface area contributed by atoms with Crippen molar-refractivity contribution in [3.05, 3.63) is 0 Å². The van der Waals surface area contributed by atoms with Crippen LogP contribution in [0.15, 0.2) is 0 Å². The van der Waals surface area contributed by atoms with E-state index in [2.05, 4.69) is 19.2 Å².